The number of anilines is 2. The number of carbonyl (C=O) groups is 1. The van der Waals surface area contributed by atoms with Gasteiger partial charge in [-0.15, -0.1) is 0 Å². The van der Waals surface area contributed by atoms with Crippen LogP contribution in [-0.2, 0) is 4.79 Å². The number of hydrogen-bond donors (Lipinski definition) is 1. The van der Waals surface area contributed by atoms with Gasteiger partial charge >= 0.3 is 0 Å². The minimum Gasteiger partial charge on any atom is -0.443 e. The van der Waals surface area contributed by atoms with E-state index in [1.54, 1.807) is 0 Å². The molecule has 3 aromatic rings. The van der Waals surface area contributed by atoms with Crippen molar-refractivity contribution in [2.75, 3.05) is 23.3 Å². The van der Waals surface area contributed by atoms with Crippen LogP contribution in [0.1, 0.15) is 35.6 Å². The number of nitrogens with one attached hydrogen (secondary N) is 1. The van der Waals surface area contributed by atoms with Crippen molar-refractivity contribution in [1.82, 2.24) is 9.97 Å². The number of carbonyl (C=O) groups excluding carboxylic acids is 1. The SMILES string of the molecule is Cc1ccc(NC(=O)[C@@H]2CCCN(c3nc(C)nc4oc(C)c(C)c34)C2)cc1. The summed E-state index contributed by atoms with van der Waals surface area (Å²) in [5.41, 5.74) is 3.71. The van der Waals surface area contributed by atoms with Crippen molar-refractivity contribution in [3.63, 3.8) is 0 Å². The average molecular weight is 378 g/mol. The molecule has 1 amide bonds. The Labute approximate surface area is 165 Å². The molecule has 1 saturated heterocycles. The fourth-order valence-corrected chi connectivity index (χ4v) is 3.83. The fourth-order valence-electron chi connectivity index (χ4n) is 3.83. The number of aryl methyl sites for hydroxylation is 4. The summed E-state index contributed by atoms with van der Waals surface area (Å²) in [6, 6.07) is 7.91. The Morgan fingerprint density at radius 3 is 2.64 bits per heavy atom. The van der Waals surface area contributed by atoms with Gasteiger partial charge in [0, 0.05) is 24.3 Å². The molecule has 0 spiro atoms. The van der Waals surface area contributed by atoms with E-state index < -0.39 is 0 Å². The summed E-state index contributed by atoms with van der Waals surface area (Å²) in [5.74, 6) is 2.42. The monoisotopic (exact) mass is 378 g/mol. The quantitative estimate of drug-likeness (QED) is 0.735. The van der Waals surface area contributed by atoms with Gasteiger partial charge in [-0.2, -0.15) is 4.98 Å². The molecular formula is C22H26N4O2. The van der Waals surface area contributed by atoms with Crippen LogP contribution in [0.5, 0.6) is 0 Å². The zero-order chi connectivity index (χ0) is 19.8. The highest BCUT2D eigenvalue weighted by molar-refractivity contribution is 5.94. The van der Waals surface area contributed by atoms with Crippen molar-refractivity contribution in [2.24, 2.45) is 5.92 Å². The van der Waals surface area contributed by atoms with Crippen LogP contribution in [0, 0.1) is 33.6 Å². The summed E-state index contributed by atoms with van der Waals surface area (Å²) in [4.78, 5) is 24.2. The zero-order valence-electron chi connectivity index (χ0n) is 16.9. The molecule has 3 heterocycles. The maximum absolute atomic E-state index is 12.8. The molecule has 0 radical (unpaired) electrons. The smallest absolute Gasteiger partial charge is 0.231 e. The van der Waals surface area contributed by atoms with Crippen LogP contribution in [0.4, 0.5) is 11.5 Å². The summed E-state index contributed by atoms with van der Waals surface area (Å²) in [5, 5.41) is 4.02. The van der Waals surface area contributed by atoms with Crippen LogP contribution in [-0.4, -0.2) is 29.0 Å². The van der Waals surface area contributed by atoms with E-state index in [2.05, 4.69) is 15.2 Å². The summed E-state index contributed by atoms with van der Waals surface area (Å²) in [6.07, 6.45) is 1.83. The lowest BCUT2D eigenvalue weighted by molar-refractivity contribution is -0.120. The molecule has 1 fully saturated rings. The van der Waals surface area contributed by atoms with E-state index in [0.717, 1.165) is 47.6 Å². The number of nitrogens with zero attached hydrogens (tertiary/aromatic N) is 3. The van der Waals surface area contributed by atoms with Crippen molar-refractivity contribution in [3.05, 3.63) is 47.0 Å². The molecule has 1 N–H and O–H groups in total. The van der Waals surface area contributed by atoms with Gasteiger partial charge < -0.3 is 14.6 Å². The zero-order valence-corrected chi connectivity index (χ0v) is 16.9. The average Bonchev–Trinajstić information content (AvgIpc) is 2.96. The molecule has 6 nitrogen and oxygen atoms in total. The second-order valence-corrected chi connectivity index (χ2v) is 7.70. The van der Waals surface area contributed by atoms with Gasteiger partial charge in [-0.05, 0) is 52.7 Å². The highest BCUT2D eigenvalue weighted by Gasteiger charge is 2.29. The number of benzene rings is 1. The van der Waals surface area contributed by atoms with Crippen LogP contribution < -0.4 is 10.2 Å². The second-order valence-electron chi connectivity index (χ2n) is 7.70. The molecule has 1 atom stereocenters. The van der Waals surface area contributed by atoms with Crippen molar-refractivity contribution < 1.29 is 9.21 Å². The number of aromatic nitrogens is 2. The Bertz CT molecular complexity index is 1020. The van der Waals surface area contributed by atoms with E-state index in [1.165, 1.54) is 5.56 Å². The highest BCUT2D eigenvalue weighted by atomic mass is 16.3. The topological polar surface area (TPSA) is 71.3 Å². The molecule has 0 aliphatic carbocycles. The van der Waals surface area contributed by atoms with Gasteiger partial charge in [0.25, 0.3) is 0 Å². The largest absolute Gasteiger partial charge is 0.443 e. The van der Waals surface area contributed by atoms with Gasteiger partial charge in [-0.3, -0.25) is 4.79 Å². The Morgan fingerprint density at radius 1 is 1.14 bits per heavy atom. The van der Waals surface area contributed by atoms with Gasteiger partial charge in [0.1, 0.15) is 17.4 Å². The predicted octanol–water partition coefficient (Wildman–Crippen LogP) is 4.31. The first kappa shape index (κ1) is 18.5. The van der Waals surface area contributed by atoms with Gasteiger partial charge in [0.15, 0.2) is 0 Å². The molecule has 2 aromatic heterocycles. The van der Waals surface area contributed by atoms with Gasteiger partial charge in [0.05, 0.1) is 11.3 Å². The van der Waals surface area contributed by atoms with Crippen molar-refractivity contribution in [1.29, 1.82) is 0 Å². The second kappa shape index (κ2) is 7.26. The molecule has 0 bridgehead atoms. The number of rotatable bonds is 3. The minimum atomic E-state index is -0.0753. The number of fused-ring (bicyclic) bond motifs is 1. The summed E-state index contributed by atoms with van der Waals surface area (Å²) < 4.78 is 5.82. The van der Waals surface area contributed by atoms with Gasteiger partial charge in [-0.25, -0.2) is 4.98 Å². The van der Waals surface area contributed by atoms with Crippen molar-refractivity contribution in [2.45, 2.75) is 40.5 Å². The molecule has 1 aromatic carbocycles. The molecule has 1 aliphatic rings. The minimum absolute atomic E-state index is 0.0654. The molecule has 0 saturated carbocycles. The fraction of sp³-hybridized carbons (Fsp3) is 0.409. The Hall–Kier alpha value is -2.89. The predicted molar refractivity (Wildman–Crippen MR) is 111 cm³/mol. The molecule has 4 rings (SSSR count). The Balaban J connectivity index is 1.58. The normalized spacial score (nSPS) is 17.1. The first-order chi connectivity index (χ1) is 13.4. The maximum atomic E-state index is 12.8. The first-order valence-electron chi connectivity index (χ1n) is 9.79. The molecule has 146 valence electrons. The van der Waals surface area contributed by atoms with Gasteiger partial charge in [-0.1, -0.05) is 17.7 Å². The third-order valence-electron chi connectivity index (χ3n) is 5.53. The van der Waals surface area contributed by atoms with Crippen molar-refractivity contribution >= 4 is 28.5 Å². The van der Waals surface area contributed by atoms with E-state index in [1.807, 2.05) is 52.0 Å². The summed E-state index contributed by atoms with van der Waals surface area (Å²) in [7, 11) is 0. The standard InChI is InChI=1S/C22H26N4O2/c1-13-7-9-18(10-8-13)25-21(27)17-6-5-11-26(12-17)20-19-14(2)15(3)28-22(19)24-16(4)23-20/h7-10,17H,5-6,11-12H2,1-4H3,(H,25,27)/t17-/m1/s1. The lowest BCUT2D eigenvalue weighted by Gasteiger charge is -2.33. The van der Waals surface area contributed by atoms with E-state index in [-0.39, 0.29) is 11.8 Å². The number of amides is 1. The lowest BCUT2D eigenvalue weighted by atomic mass is 9.96. The number of hydrogen-bond acceptors (Lipinski definition) is 5. The number of furan rings is 1. The van der Waals surface area contributed by atoms with E-state index in [0.29, 0.717) is 18.1 Å². The highest BCUT2D eigenvalue weighted by Crippen LogP contribution is 2.33. The molecule has 1 aliphatic heterocycles. The molecular weight excluding hydrogens is 352 g/mol. The van der Waals surface area contributed by atoms with Crippen LogP contribution in [0.3, 0.4) is 0 Å². The number of piperidine rings is 1. The molecule has 6 heteroatoms. The summed E-state index contributed by atoms with van der Waals surface area (Å²) >= 11 is 0. The maximum Gasteiger partial charge on any atom is 0.231 e. The Morgan fingerprint density at radius 2 is 1.89 bits per heavy atom. The first-order valence-corrected chi connectivity index (χ1v) is 9.79. The van der Waals surface area contributed by atoms with Crippen molar-refractivity contribution in [3.8, 4) is 0 Å². The third kappa shape index (κ3) is 3.46. The Kier molecular flexibility index (Phi) is 4.79. The van der Waals surface area contributed by atoms with E-state index >= 15 is 0 Å². The van der Waals surface area contributed by atoms with Gasteiger partial charge in [0.2, 0.25) is 11.6 Å². The molecule has 0 unspecified atom stereocenters. The van der Waals surface area contributed by atoms with Crippen LogP contribution >= 0.6 is 0 Å². The van der Waals surface area contributed by atoms with E-state index in [4.69, 9.17) is 9.40 Å². The van der Waals surface area contributed by atoms with Crippen LogP contribution in [0.2, 0.25) is 0 Å². The van der Waals surface area contributed by atoms with Crippen LogP contribution in [0.25, 0.3) is 11.1 Å². The summed E-state index contributed by atoms with van der Waals surface area (Å²) in [6.45, 7) is 9.42. The van der Waals surface area contributed by atoms with Crippen LogP contribution in [0.15, 0.2) is 28.7 Å². The lowest BCUT2D eigenvalue weighted by Crippen LogP contribution is -2.41. The van der Waals surface area contributed by atoms with E-state index in [9.17, 15) is 4.79 Å². The third-order valence-corrected chi connectivity index (χ3v) is 5.53. The molecule has 28 heavy (non-hydrogen) atoms.